The predicted octanol–water partition coefficient (Wildman–Crippen LogP) is 3.57. The van der Waals surface area contributed by atoms with E-state index < -0.39 is 17.6 Å². The summed E-state index contributed by atoms with van der Waals surface area (Å²) >= 11 is 3.93. The van der Waals surface area contributed by atoms with Crippen LogP contribution in [0.5, 0.6) is 0 Å². The molecule has 0 saturated carbocycles. The van der Waals surface area contributed by atoms with Crippen molar-refractivity contribution in [3.63, 3.8) is 0 Å². The van der Waals surface area contributed by atoms with E-state index in [1.54, 1.807) is 0 Å². The molecule has 0 atom stereocenters. The lowest BCUT2D eigenvalue weighted by molar-refractivity contribution is -0.137. The number of hydrogen-bond donors (Lipinski definition) is 1. The van der Waals surface area contributed by atoms with E-state index in [9.17, 15) is 18.0 Å². The lowest BCUT2D eigenvalue weighted by Gasteiger charge is -2.11. The quantitative estimate of drug-likeness (QED) is 0.899. The number of rotatable bonds is 2. The van der Waals surface area contributed by atoms with E-state index in [0.717, 1.165) is 23.7 Å². The molecule has 0 spiro atoms. The van der Waals surface area contributed by atoms with E-state index in [0.29, 0.717) is 4.47 Å². The van der Waals surface area contributed by atoms with Crippen molar-refractivity contribution in [3.05, 3.63) is 39.3 Å². The number of alkyl halides is 3. The van der Waals surface area contributed by atoms with Gasteiger partial charge in [0.25, 0.3) is 5.91 Å². The Morgan fingerprint density at radius 1 is 1.37 bits per heavy atom. The Balaban J connectivity index is 2.27. The fourth-order valence-corrected chi connectivity index (χ4v) is 2.00. The average Bonchev–Trinajstić information content (AvgIpc) is 2.84. The molecule has 1 aromatic carbocycles. The highest BCUT2D eigenvalue weighted by Crippen LogP contribution is 2.34. The molecule has 2 aromatic rings. The van der Waals surface area contributed by atoms with Crippen molar-refractivity contribution < 1.29 is 18.0 Å². The van der Waals surface area contributed by atoms with E-state index in [4.69, 9.17) is 0 Å². The minimum absolute atomic E-state index is 0.0354. The Hall–Kier alpha value is -1.48. The van der Waals surface area contributed by atoms with Gasteiger partial charge in [-0.1, -0.05) is 4.49 Å². The normalized spacial score (nSPS) is 11.4. The lowest BCUT2D eigenvalue weighted by atomic mass is 10.2. The van der Waals surface area contributed by atoms with Gasteiger partial charge < -0.3 is 5.32 Å². The maximum Gasteiger partial charge on any atom is 0.416 e. The van der Waals surface area contributed by atoms with Crippen LogP contribution < -0.4 is 5.32 Å². The molecule has 0 aliphatic carbocycles. The molecule has 1 amide bonds. The zero-order valence-electron chi connectivity index (χ0n) is 9.03. The molecule has 19 heavy (non-hydrogen) atoms. The topological polar surface area (TPSA) is 54.9 Å². The second-order valence-electron chi connectivity index (χ2n) is 3.43. The summed E-state index contributed by atoms with van der Waals surface area (Å²) in [5.74, 6) is -0.560. The summed E-state index contributed by atoms with van der Waals surface area (Å²) in [6.07, 6.45) is -3.23. The van der Waals surface area contributed by atoms with Gasteiger partial charge in [0.15, 0.2) is 0 Å². The Morgan fingerprint density at radius 3 is 2.68 bits per heavy atom. The van der Waals surface area contributed by atoms with Crippen LogP contribution in [-0.4, -0.2) is 15.5 Å². The Morgan fingerprint density at radius 2 is 2.11 bits per heavy atom. The van der Waals surface area contributed by atoms with Crippen molar-refractivity contribution in [1.29, 1.82) is 0 Å². The van der Waals surface area contributed by atoms with Gasteiger partial charge in [-0.25, -0.2) is 0 Å². The zero-order valence-corrected chi connectivity index (χ0v) is 11.4. The number of anilines is 1. The number of carbonyl (C=O) groups excluding carboxylic acids is 1. The van der Waals surface area contributed by atoms with Crippen molar-refractivity contribution in [2.45, 2.75) is 6.18 Å². The monoisotopic (exact) mass is 351 g/mol. The lowest BCUT2D eigenvalue weighted by Crippen LogP contribution is -2.12. The van der Waals surface area contributed by atoms with E-state index in [-0.39, 0.29) is 10.6 Å². The smallest absolute Gasteiger partial charge is 0.320 e. The summed E-state index contributed by atoms with van der Waals surface area (Å²) in [5, 5.41) is 5.85. The van der Waals surface area contributed by atoms with E-state index in [1.807, 2.05) is 0 Å². The van der Waals surface area contributed by atoms with E-state index >= 15 is 0 Å². The molecule has 9 heteroatoms. The third-order valence-electron chi connectivity index (χ3n) is 2.13. The van der Waals surface area contributed by atoms with Crippen LogP contribution >= 0.6 is 27.5 Å². The summed E-state index contributed by atoms with van der Waals surface area (Å²) in [6.45, 7) is 0. The van der Waals surface area contributed by atoms with Gasteiger partial charge in [-0.05, 0) is 45.7 Å². The molecule has 0 unspecified atom stereocenters. The second-order valence-corrected chi connectivity index (χ2v) is 5.07. The van der Waals surface area contributed by atoms with Crippen molar-refractivity contribution in [2.24, 2.45) is 0 Å². The highest BCUT2D eigenvalue weighted by atomic mass is 79.9. The molecule has 0 aliphatic rings. The molecule has 100 valence electrons. The predicted molar refractivity (Wildman–Crippen MR) is 67.0 cm³/mol. The third kappa shape index (κ3) is 3.29. The van der Waals surface area contributed by atoms with Crippen molar-refractivity contribution in [2.75, 3.05) is 5.32 Å². The fraction of sp³-hybridized carbons (Fsp3) is 0.100. The number of hydrogen-bond acceptors (Lipinski definition) is 4. The fourth-order valence-electron chi connectivity index (χ4n) is 1.25. The first-order valence-electron chi connectivity index (χ1n) is 4.83. The van der Waals surface area contributed by atoms with Gasteiger partial charge >= 0.3 is 6.18 Å². The maximum absolute atomic E-state index is 12.6. The number of amides is 1. The SMILES string of the molecule is O=C(Nc1cc(C(F)(F)F)ccc1Br)c1cnns1. The van der Waals surface area contributed by atoms with Crippen LogP contribution in [0.3, 0.4) is 0 Å². The molecule has 0 aliphatic heterocycles. The summed E-state index contributed by atoms with van der Waals surface area (Å²) < 4.78 is 41.5. The van der Waals surface area contributed by atoms with Gasteiger partial charge in [0.05, 0.1) is 17.4 Å². The first-order valence-corrected chi connectivity index (χ1v) is 6.40. The molecule has 0 bridgehead atoms. The minimum Gasteiger partial charge on any atom is -0.320 e. The van der Waals surface area contributed by atoms with Gasteiger partial charge in [0.2, 0.25) is 0 Å². The van der Waals surface area contributed by atoms with Gasteiger partial charge in [-0.2, -0.15) is 13.2 Å². The zero-order chi connectivity index (χ0) is 14.0. The molecular formula is C10H5BrF3N3OS. The van der Waals surface area contributed by atoms with Crippen LogP contribution in [-0.2, 0) is 6.18 Å². The Kier molecular flexibility index (Phi) is 3.85. The Bertz CT molecular complexity index is 601. The summed E-state index contributed by atoms with van der Waals surface area (Å²) in [5.41, 5.74) is -0.804. The molecule has 1 heterocycles. The largest absolute Gasteiger partial charge is 0.416 e. The molecule has 0 saturated heterocycles. The van der Waals surface area contributed by atoms with Crippen molar-refractivity contribution in [3.8, 4) is 0 Å². The molecule has 2 rings (SSSR count). The maximum atomic E-state index is 12.6. The van der Waals surface area contributed by atoms with Gasteiger partial charge in [-0.3, -0.25) is 4.79 Å². The number of nitrogens with zero attached hydrogens (tertiary/aromatic N) is 2. The van der Waals surface area contributed by atoms with Gasteiger partial charge in [0.1, 0.15) is 4.88 Å². The highest BCUT2D eigenvalue weighted by Gasteiger charge is 2.31. The van der Waals surface area contributed by atoms with E-state index in [2.05, 4.69) is 30.8 Å². The summed E-state index contributed by atoms with van der Waals surface area (Å²) in [6, 6.07) is 3.01. The van der Waals surface area contributed by atoms with Crippen LogP contribution in [0.25, 0.3) is 0 Å². The third-order valence-corrected chi connectivity index (χ3v) is 3.48. The van der Waals surface area contributed by atoms with Crippen molar-refractivity contribution >= 4 is 39.1 Å². The summed E-state index contributed by atoms with van der Waals surface area (Å²) in [4.78, 5) is 11.9. The van der Waals surface area contributed by atoms with Crippen LogP contribution in [0.4, 0.5) is 18.9 Å². The molecular weight excluding hydrogens is 347 g/mol. The van der Waals surface area contributed by atoms with Crippen LogP contribution in [0, 0.1) is 0 Å². The molecule has 4 nitrogen and oxygen atoms in total. The number of aromatic nitrogens is 2. The van der Waals surface area contributed by atoms with Gasteiger partial charge in [0, 0.05) is 4.47 Å². The van der Waals surface area contributed by atoms with Crippen LogP contribution in [0.15, 0.2) is 28.9 Å². The summed E-state index contributed by atoms with van der Waals surface area (Å²) in [7, 11) is 0. The van der Waals surface area contributed by atoms with Crippen LogP contribution in [0.1, 0.15) is 15.2 Å². The van der Waals surface area contributed by atoms with Gasteiger partial charge in [-0.15, -0.1) is 5.10 Å². The first kappa shape index (κ1) is 13.9. The average molecular weight is 352 g/mol. The Labute approximate surface area is 117 Å². The first-order chi connectivity index (χ1) is 8.88. The molecule has 0 radical (unpaired) electrons. The number of nitrogens with one attached hydrogen (secondary N) is 1. The second kappa shape index (κ2) is 5.25. The minimum atomic E-state index is -4.47. The molecule has 1 N–H and O–H groups in total. The number of benzene rings is 1. The van der Waals surface area contributed by atoms with Crippen LogP contribution in [0.2, 0.25) is 0 Å². The number of halogens is 4. The van der Waals surface area contributed by atoms with E-state index in [1.165, 1.54) is 12.3 Å². The standard InChI is InChI=1S/C10H5BrF3N3OS/c11-6-2-1-5(10(12,13)14)3-7(6)16-9(18)8-4-15-17-19-8/h1-4H,(H,16,18). The molecule has 0 fully saturated rings. The number of carbonyl (C=O) groups is 1. The highest BCUT2D eigenvalue weighted by molar-refractivity contribution is 9.10. The molecule has 1 aromatic heterocycles. The van der Waals surface area contributed by atoms with Crippen molar-refractivity contribution in [1.82, 2.24) is 9.59 Å².